The Morgan fingerprint density at radius 2 is 1.80 bits per heavy atom. The number of hydrogen-bond acceptors (Lipinski definition) is 1. The summed E-state index contributed by atoms with van der Waals surface area (Å²) in [7, 11) is 0. The molecule has 86 valence electrons. The van der Waals surface area contributed by atoms with Crippen LogP contribution in [-0.2, 0) is 6.42 Å². The summed E-state index contributed by atoms with van der Waals surface area (Å²) in [5, 5.41) is 3.43. The average molecular weight is 228 g/mol. The van der Waals surface area contributed by atoms with Crippen molar-refractivity contribution in [2.24, 2.45) is 0 Å². The van der Waals surface area contributed by atoms with Crippen LogP contribution < -0.4 is 5.32 Å². The topological polar surface area (TPSA) is 12.0 Å². The van der Waals surface area contributed by atoms with Crippen LogP contribution in [-0.4, -0.2) is 12.6 Å². The molecular formula is C13H22ClN. The van der Waals surface area contributed by atoms with Crippen molar-refractivity contribution in [3.8, 4) is 0 Å². The van der Waals surface area contributed by atoms with Crippen molar-refractivity contribution < 1.29 is 0 Å². The zero-order chi connectivity index (χ0) is 10.6. The minimum atomic E-state index is 0. The third-order valence-corrected chi connectivity index (χ3v) is 2.54. The number of benzene rings is 1. The largest absolute Gasteiger partial charge is 0.314 e. The standard InChI is InChI=1S/C13H21N.ClH/c1-10(2)14-8-7-13-6-5-11(3)12(4)9-13;/h5-6,9-10,14H,7-8H2,1-4H3;1H. The molecule has 0 fully saturated rings. The van der Waals surface area contributed by atoms with Crippen molar-refractivity contribution in [2.75, 3.05) is 6.54 Å². The molecule has 0 atom stereocenters. The van der Waals surface area contributed by atoms with E-state index in [1.165, 1.54) is 16.7 Å². The number of halogens is 1. The van der Waals surface area contributed by atoms with Crippen LogP contribution >= 0.6 is 12.4 Å². The van der Waals surface area contributed by atoms with E-state index in [1.807, 2.05) is 0 Å². The normalized spacial score (nSPS) is 10.2. The summed E-state index contributed by atoms with van der Waals surface area (Å²) in [4.78, 5) is 0. The first-order valence-electron chi connectivity index (χ1n) is 5.39. The maximum absolute atomic E-state index is 3.43. The SMILES string of the molecule is Cc1ccc(CCNC(C)C)cc1C.Cl. The van der Waals surface area contributed by atoms with E-state index < -0.39 is 0 Å². The van der Waals surface area contributed by atoms with E-state index in [0.29, 0.717) is 6.04 Å². The number of rotatable bonds is 4. The molecule has 0 aliphatic heterocycles. The third-order valence-electron chi connectivity index (χ3n) is 2.54. The molecule has 1 aromatic rings. The van der Waals surface area contributed by atoms with E-state index in [4.69, 9.17) is 0 Å². The first kappa shape index (κ1) is 14.5. The predicted octanol–water partition coefficient (Wildman–Crippen LogP) is 3.27. The van der Waals surface area contributed by atoms with Gasteiger partial charge in [-0.1, -0.05) is 32.0 Å². The van der Waals surface area contributed by atoms with Crippen molar-refractivity contribution in [1.29, 1.82) is 0 Å². The van der Waals surface area contributed by atoms with Crippen LogP contribution in [0.25, 0.3) is 0 Å². The maximum Gasteiger partial charge on any atom is 0.00105 e. The van der Waals surface area contributed by atoms with Crippen molar-refractivity contribution >= 4 is 12.4 Å². The molecule has 1 rings (SSSR count). The summed E-state index contributed by atoms with van der Waals surface area (Å²) in [6.07, 6.45) is 1.12. The zero-order valence-electron chi connectivity index (χ0n) is 10.1. The molecule has 0 heterocycles. The Morgan fingerprint density at radius 1 is 1.13 bits per heavy atom. The van der Waals surface area contributed by atoms with Gasteiger partial charge in [0.15, 0.2) is 0 Å². The highest BCUT2D eigenvalue weighted by atomic mass is 35.5. The fourth-order valence-electron chi connectivity index (χ4n) is 1.46. The molecule has 0 aromatic heterocycles. The summed E-state index contributed by atoms with van der Waals surface area (Å²) >= 11 is 0. The molecular weight excluding hydrogens is 206 g/mol. The Morgan fingerprint density at radius 3 is 2.33 bits per heavy atom. The van der Waals surface area contributed by atoms with E-state index in [0.717, 1.165) is 13.0 Å². The summed E-state index contributed by atoms with van der Waals surface area (Å²) in [6.45, 7) is 9.77. The molecule has 0 amide bonds. The van der Waals surface area contributed by atoms with E-state index >= 15 is 0 Å². The van der Waals surface area contributed by atoms with Gasteiger partial charge in [0.2, 0.25) is 0 Å². The van der Waals surface area contributed by atoms with Crippen LogP contribution in [0, 0.1) is 13.8 Å². The van der Waals surface area contributed by atoms with E-state index in [-0.39, 0.29) is 12.4 Å². The lowest BCUT2D eigenvalue weighted by Crippen LogP contribution is -2.24. The lowest BCUT2D eigenvalue weighted by molar-refractivity contribution is 0.590. The minimum absolute atomic E-state index is 0. The van der Waals surface area contributed by atoms with Crippen LogP contribution in [0.4, 0.5) is 0 Å². The number of hydrogen-bond donors (Lipinski definition) is 1. The molecule has 0 saturated heterocycles. The van der Waals surface area contributed by atoms with Crippen LogP contribution in [0.1, 0.15) is 30.5 Å². The molecule has 1 aromatic carbocycles. The molecule has 0 saturated carbocycles. The fraction of sp³-hybridized carbons (Fsp3) is 0.538. The number of aryl methyl sites for hydroxylation is 2. The molecule has 2 heteroatoms. The van der Waals surface area contributed by atoms with Gasteiger partial charge in [-0.25, -0.2) is 0 Å². The quantitative estimate of drug-likeness (QED) is 0.833. The van der Waals surface area contributed by atoms with Crippen LogP contribution in [0.15, 0.2) is 18.2 Å². The van der Waals surface area contributed by atoms with Crippen LogP contribution in [0.2, 0.25) is 0 Å². The summed E-state index contributed by atoms with van der Waals surface area (Å²) in [5.74, 6) is 0. The third kappa shape index (κ3) is 5.19. The van der Waals surface area contributed by atoms with Crippen molar-refractivity contribution in [1.82, 2.24) is 5.32 Å². The van der Waals surface area contributed by atoms with Gasteiger partial charge in [0.05, 0.1) is 0 Å². The molecule has 0 bridgehead atoms. The highest BCUT2D eigenvalue weighted by Crippen LogP contribution is 2.09. The molecule has 1 N–H and O–H groups in total. The van der Waals surface area contributed by atoms with Gasteiger partial charge in [0.25, 0.3) is 0 Å². The van der Waals surface area contributed by atoms with Crippen molar-refractivity contribution in [2.45, 2.75) is 40.2 Å². The Kier molecular flexibility index (Phi) is 6.62. The van der Waals surface area contributed by atoms with Crippen molar-refractivity contribution in [3.63, 3.8) is 0 Å². The van der Waals surface area contributed by atoms with Gasteiger partial charge in [-0.15, -0.1) is 12.4 Å². The molecule has 0 aliphatic carbocycles. The monoisotopic (exact) mass is 227 g/mol. The molecule has 0 radical (unpaired) electrons. The second-order valence-corrected chi connectivity index (χ2v) is 4.28. The van der Waals surface area contributed by atoms with Gasteiger partial charge in [-0.3, -0.25) is 0 Å². The fourth-order valence-corrected chi connectivity index (χ4v) is 1.46. The summed E-state index contributed by atoms with van der Waals surface area (Å²) in [5.41, 5.74) is 4.21. The first-order valence-corrected chi connectivity index (χ1v) is 5.39. The van der Waals surface area contributed by atoms with Crippen LogP contribution in [0.3, 0.4) is 0 Å². The lowest BCUT2D eigenvalue weighted by Gasteiger charge is -2.09. The van der Waals surface area contributed by atoms with E-state index in [1.54, 1.807) is 0 Å². The van der Waals surface area contributed by atoms with Gasteiger partial charge in [-0.05, 0) is 43.5 Å². The van der Waals surface area contributed by atoms with Gasteiger partial charge in [-0.2, -0.15) is 0 Å². The van der Waals surface area contributed by atoms with E-state index in [9.17, 15) is 0 Å². The molecule has 0 aliphatic rings. The Hall–Kier alpha value is -0.530. The van der Waals surface area contributed by atoms with Gasteiger partial charge in [0.1, 0.15) is 0 Å². The molecule has 0 unspecified atom stereocenters. The number of nitrogens with one attached hydrogen (secondary N) is 1. The molecule has 1 nitrogen and oxygen atoms in total. The Balaban J connectivity index is 0.00000196. The maximum atomic E-state index is 3.43. The Bertz CT molecular complexity index is 295. The Labute approximate surface area is 99.7 Å². The van der Waals surface area contributed by atoms with Gasteiger partial charge >= 0.3 is 0 Å². The second kappa shape index (κ2) is 6.86. The predicted molar refractivity (Wildman–Crippen MR) is 70.0 cm³/mol. The van der Waals surface area contributed by atoms with Gasteiger partial charge in [0, 0.05) is 6.04 Å². The van der Waals surface area contributed by atoms with Crippen molar-refractivity contribution in [3.05, 3.63) is 34.9 Å². The van der Waals surface area contributed by atoms with Gasteiger partial charge < -0.3 is 5.32 Å². The summed E-state index contributed by atoms with van der Waals surface area (Å²) < 4.78 is 0. The smallest absolute Gasteiger partial charge is 0.00105 e. The highest BCUT2D eigenvalue weighted by molar-refractivity contribution is 5.85. The van der Waals surface area contributed by atoms with Crippen LogP contribution in [0.5, 0.6) is 0 Å². The minimum Gasteiger partial charge on any atom is -0.314 e. The molecule has 15 heavy (non-hydrogen) atoms. The summed E-state index contributed by atoms with van der Waals surface area (Å²) in [6, 6.07) is 7.31. The second-order valence-electron chi connectivity index (χ2n) is 4.28. The highest BCUT2D eigenvalue weighted by Gasteiger charge is 1.97. The lowest BCUT2D eigenvalue weighted by atomic mass is 10.0. The zero-order valence-corrected chi connectivity index (χ0v) is 10.9. The molecule has 0 spiro atoms. The average Bonchev–Trinajstić information content (AvgIpc) is 2.10. The first-order chi connectivity index (χ1) is 6.59. The van der Waals surface area contributed by atoms with E-state index in [2.05, 4.69) is 51.2 Å².